The van der Waals surface area contributed by atoms with Crippen LogP contribution in [0.4, 0.5) is 14.5 Å². The Bertz CT molecular complexity index is 391. The fourth-order valence-corrected chi connectivity index (χ4v) is 1.28. The molecule has 0 saturated carbocycles. The van der Waals surface area contributed by atoms with Gasteiger partial charge >= 0.3 is 0 Å². The number of ketones is 1. The van der Waals surface area contributed by atoms with Crippen molar-refractivity contribution in [2.24, 2.45) is 0 Å². The maximum Gasteiger partial charge on any atom is 0.264 e. The first-order valence-corrected chi connectivity index (χ1v) is 4.23. The van der Waals surface area contributed by atoms with Crippen LogP contribution < -0.4 is 10.5 Å². The molecule has 0 aromatic heterocycles. The molecule has 0 aliphatic carbocycles. The van der Waals surface area contributed by atoms with Gasteiger partial charge < -0.3 is 10.5 Å². The Balaban J connectivity index is 3.39. The standard InChI is InChI=1S/C10H11F2NO2/c1-5(14)6-4-9(15-2)8(13)3-7(6)10(11)12/h3-4,10H,13H2,1-2H3. The summed E-state index contributed by atoms with van der Waals surface area (Å²) in [5.41, 5.74) is 5.14. The van der Waals surface area contributed by atoms with E-state index in [4.69, 9.17) is 10.5 Å². The molecule has 2 N–H and O–H groups in total. The Kier molecular flexibility index (Phi) is 3.24. The maximum atomic E-state index is 12.6. The molecule has 0 unspecified atom stereocenters. The first-order chi connectivity index (χ1) is 6.97. The van der Waals surface area contributed by atoms with Gasteiger partial charge in [0.2, 0.25) is 0 Å². The van der Waals surface area contributed by atoms with E-state index in [0.717, 1.165) is 6.07 Å². The van der Waals surface area contributed by atoms with Crippen molar-refractivity contribution < 1.29 is 18.3 Å². The Morgan fingerprint density at radius 2 is 2.07 bits per heavy atom. The van der Waals surface area contributed by atoms with Crippen LogP contribution in [0.15, 0.2) is 12.1 Å². The number of rotatable bonds is 3. The predicted molar refractivity (Wildman–Crippen MR) is 52.4 cm³/mol. The number of methoxy groups -OCH3 is 1. The lowest BCUT2D eigenvalue weighted by molar-refractivity contribution is 0.0998. The van der Waals surface area contributed by atoms with Gasteiger partial charge in [-0.1, -0.05) is 0 Å². The van der Waals surface area contributed by atoms with Crippen molar-refractivity contribution in [3.8, 4) is 5.75 Å². The van der Waals surface area contributed by atoms with Crippen LogP contribution in [0.25, 0.3) is 0 Å². The van der Waals surface area contributed by atoms with Gasteiger partial charge in [0.1, 0.15) is 5.75 Å². The van der Waals surface area contributed by atoms with Crippen molar-refractivity contribution in [2.45, 2.75) is 13.3 Å². The number of anilines is 1. The molecule has 0 radical (unpaired) electrons. The second-order valence-corrected chi connectivity index (χ2v) is 3.04. The minimum Gasteiger partial charge on any atom is -0.495 e. The first kappa shape index (κ1) is 11.4. The molecule has 0 aliphatic heterocycles. The lowest BCUT2D eigenvalue weighted by Gasteiger charge is -2.11. The van der Waals surface area contributed by atoms with Crippen molar-refractivity contribution in [3.05, 3.63) is 23.3 Å². The average molecular weight is 215 g/mol. The third-order valence-corrected chi connectivity index (χ3v) is 2.02. The summed E-state index contributed by atoms with van der Waals surface area (Å²) in [6.07, 6.45) is -2.72. The summed E-state index contributed by atoms with van der Waals surface area (Å²) in [6, 6.07) is 2.30. The zero-order valence-corrected chi connectivity index (χ0v) is 8.38. The normalized spacial score (nSPS) is 10.5. The molecule has 0 atom stereocenters. The smallest absolute Gasteiger partial charge is 0.264 e. The highest BCUT2D eigenvalue weighted by atomic mass is 19.3. The van der Waals surface area contributed by atoms with Crippen LogP contribution in [-0.2, 0) is 0 Å². The minimum absolute atomic E-state index is 0.0592. The molecule has 82 valence electrons. The first-order valence-electron chi connectivity index (χ1n) is 4.23. The van der Waals surface area contributed by atoms with Gasteiger partial charge in [0.05, 0.1) is 12.8 Å². The van der Waals surface area contributed by atoms with E-state index in [-0.39, 0.29) is 22.6 Å². The SMILES string of the molecule is COc1cc(C(C)=O)c(C(F)F)cc1N. The lowest BCUT2D eigenvalue weighted by atomic mass is 10.0. The molecule has 0 aliphatic rings. The molecule has 0 saturated heterocycles. The van der Waals surface area contributed by atoms with E-state index in [2.05, 4.69) is 0 Å². The number of halogens is 2. The Hall–Kier alpha value is -1.65. The molecule has 15 heavy (non-hydrogen) atoms. The summed E-state index contributed by atoms with van der Waals surface area (Å²) >= 11 is 0. The van der Waals surface area contributed by atoms with Gasteiger partial charge in [0.25, 0.3) is 6.43 Å². The van der Waals surface area contributed by atoms with Crippen LogP contribution >= 0.6 is 0 Å². The number of carbonyl (C=O) groups is 1. The second-order valence-electron chi connectivity index (χ2n) is 3.04. The van der Waals surface area contributed by atoms with Crippen molar-refractivity contribution in [2.75, 3.05) is 12.8 Å². The van der Waals surface area contributed by atoms with E-state index in [0.29, 0.717) is 0 Å². The largest absolute Gasteiger partial charge is 0.495 e. The van der Waals surface area contributed by atoms with Crippen LogP contribution in [0.2, 0.25) is 0 Å². The van der Waals surface area contributed by atoms with E-state index in [1.165, 1.54) is 20.1 Å². The molecule has 0 heterocycles. The van der Waals surface area contributed by atoms with Crippen LogP contribution in [0.5, 0.6) is 5.75 Å². The van der Waals surface area contributed by atoms with E-state index >= 15 is 0 Å². The molecule has 0 fully saturated rings. The third kappa shape index (κ3) is 2.23. The van der Waals surface area contributed by atoms with E-state index < -0.39 is 12.2 Å². The lowest BCUT2D eigenvalue weighted by Crippen LogP contribution is -2.03. The van der Waals surface area contributed by atoms with Gasteiger partial charge in [0, 0.05) is 11.1 Å². The number of benzene rings is 1. The molecule has 0 amide bonds. The highest BCUT2D eigenvalue weighted by Gasteiger charge is 2.18. The van der Waals surface area contributed by atoms with E-state index in [1.54, 1.807) is 0 Å². The van der Waals surface area contributed by atoms with Gasteiger partial charge in [-0.25, -0.2) is 8.78 Å². The molecule has 1 aromatic rings. The Morgan fingerprint density at radius 1 is 1.47 bits per heavy atom. The highest BCUT2D eigenvalue weighted by Crippen LogP contribution is 2.31. The van der Waals surface area contributed by atoms with Crippen molar-refractivity contribution in [3.63, 3.8) is 0 Å². The third-order valence-electron chi connectivity index (χ3n) is 2.02. The summed E-state index contributed by atoms with van der Waals surface area (Å²) in [7, 11) is 1.36. The van der Waals surface area contributed by atoms with Crippen molar-refractivity contribution in [1.29, 1.82) is 0 Å². The van der Waals surface area contributed by atoms with Gasteiger partial charge in [-0.15, -0.1) is 0 Å². The van der Waals surface area contributed by atoms with Crippen LogP contribution in [-0.4, -0.2) is 12.9 Å². The molecule has 1 rings (SSSR count). The summed E-state index contributed by atoms with van der Waals surface area (Å²) in [5, 5.41) is 0. The average Bonchev–Trinajstić information content (AvgIpc) is 2.16. The van der Waals surface area contributed by atoms with E-state index in [9.17, 15) is 13.6 Å². The molecule has 0 spiro atoms. The zero-order valence-electron chi connectivity index (χ0n) is 8.38. The molecule has 0 bridgehead atoms. The number of hydrogen-bond acceptors (Lipinski definition) is 3. The fourth-order valence-electron chi connectivity index (χ4n) is 1.28. The Morgan fingerprint density at radius 3 is 2.47 bits per heavy atom. The summed E-state index contributed by atoms with van der Waals surface area (Å²) in [5.74, 6) is -0.215. The monoisotopic (exact) mass is 215 g/mol. The van der Waals surface area contributed by atoms with E-state index in [1.807, 2.05) is 0 Å². The van der Waals surface area contributed by atoms with Crippen LogP contribution in [0.1, 0.15) is 29.3 Å². The number of hydrogen-bond donors (Lipinski definition) is 1. The van der Waals surface area contributed by atoms with Gasteiger partial charge in [-0.2, -0.15) is 0 Å². The number of nitrogens with two attached hydrogens (primary N) is 1. The topological polar surface area (TPSA) is 52.3 Å². The Labute approximate surface area is 85.8 Å². The number of ether oxygens (including phenoxy) is 1. The highest BCUT2D eigenvalue weighted by molar-refractivity contribution is 5.96. The zero-order chi connectivity index (χ0) is 11.6. The summed E-state index contributed by atoms with van der Waals surface area (Å²) in [6.45, 7) is 1.22. The second kappa shape index (κ2) is 4.25. The number of nitrogen functional groups attached to an aromatic ring is 1. The minimum atomic E-state index is -2.72. The van der Waals surface area contributed by atoms with Gasteiger partial charge in [-0.3, -0.25) is 4.79 Å². The van der Waals surface area contributed by atoms with Crippen molar-refractivity contribution >= 4 is 11.5 Å². The fraction of sp³-hybridized carbons (Fsp3) is 0.300. The summed E-state index contributed by atoms with van der Waals surface area (Å²) < 4.78 is 30.0. The van der Waals surface area contributed by atoms with Crippen LogP contribution in [0.3, 0.4) is 0 Å². The molecular formula is C10H11F2NO2. The van der Waals surface area contributed by atoms with Crippen LogP contribution in [0, 0.1) is 0 Å². The maximum absolute atomic E-state index is 12.6. The number of carbonyl (C=O) groups excluding carboxylic acids is 1. The predicted octanol–water partition coefficient (Wildman–Crippen LogP) is 2.42. The number of Topliss-reactive ketones (excluding diaryl/α,β-unsaturated/α-hetero) is 1. The molecule has 3 nitrogen and oxygen atoms in total. The summed E-state index contributed by atoms with van der Waals surface area (Å²) in [4.78, 5) is 11.1. The van der Waals surface area contributed by atoms with Gasteiger partial charge in [-0.05, 0) is 19.1 Å². The van der Waals surface area contributed by atoms with Crippen molar-refractivity contribution in [1.82, 2.24) is 0 Å². The molecular weight excluding hydrogens is 204 g/mol. The van der Waals surface area contributed by atoms with Gasteiger partial charge in [0.15, 0.2) is 5.78 Å². The number of alkyl halides is 2. The molecule has 5 heteroatoms. The molecule has 1 aromatic carbocycles. The quantitative estimate of drug-likeness (QED) is 0.622.